The molecule has 1 heterocycles. The van der Waals surface area contributed by atoms with E-state index in [0.717, 1.165) is 11.4 Å². The molecule has 0 aliphatic carbocycles. The third-order valence-electron chi connectivity index (χ3n) is 3.50. The molecule has 2 aromatic rings. The summed E-state index contributed by atoms with van der Waals surface area (Å²) >= 11 is 0. The highest BCUT2D eigenvalue weighted by molar-refractivity contribution is 5.86. The molecule has 5 nitrogen and oxygen atoms in total. The molecule has 0 saturated heterocycles. The fourth-order valence-electron chi connectivity index (χ4n) is 2.41. The predicted molar refractivity (Wildman–Crippen MR) is 78.0 cm³/mol. The number of rotatable bonds is 6. The maximum Gasteiger partial charge on any atom is 0.244 e. The number of carbonyl (C=O) groups is 1. The van der Waals surface area contributed by atoms with Gasteiger partial charge in [0.15, 0.2) is 0 Å². The molecular weight excluding hydrogens is 252 g/mol. The summed E-state index contributed by atoms with van der Waals surface area (Å²) in [5, 5.41) is 3.25. The second kappa shape index (κ2) is 5.88. The van der Waals surface area contributed by atoms with Crippen LogP contribution in [0, 0.1) is 6.92 Å². The fourth-order valence-corrected chi connectivity index (χ4v) is 2.41. The molecule has 0 radical (unpaired) electrons. The van der Waals surface area contributed by atoms with E-state index >= 15 is 0 Å². The van der Waals surface area contributed by atoms with Gasteiger partial charge in [-0.25, -0.2) is 4.98 Å². The molecule has 20 heavy (non-hydrogen) atoms. The Balaban J connectivity index is 2.48. The maximum absolute atomic E-state index is 12.2. The van der Waals surface area contributed by atoms with E-state index in [1.807, 2.05) is 54.9 Å². The number of primary amides is 1. The number of likely N-dealkylation sites (N-methyl/N-ethyl adjacent to an activating group) is 1. The van der Waals surface area contributed by atoms with E-state index in [-0.39, 0.29) is 0 Å². The average Bonchev–Trinajstić information content (AvgIpc) is 2.84. The van der Waals surface area contributed by atoms with Crippen molar-refractivity contribution in [2.75, 3.05) is 6.54 Å². The first-order chi connectivity index (χ1) is 9.60. The van der Waals surface area contributed by atoms with Crippen LogP contribution >= 0.6 is 0 Å². The van der Waals surface area contributed by atoms with Crippen molar-refractivity contribution in [3.63, 3.8) is 0 Å². The Kier molecular flexibility index (Phi) is 4.20. The monoisotopic (exact) mass is 272 g/mol. The standard InChI is InChI=1S/C15H20N4O/c1-3-18-15(14(16)20,13-7-5-4-6-8-13)11-19-10-9-17-12(19)2/h4-10,18H,3,11H2,1-2H3,(H2,16,20). The summed E-state index contributed by atoms with van der Waals surface area (Å²) in [5.74, 6) is 0.461. The van der Waals surface area contributed by atoms with Gasteiger partial charge in [-0.15, -0.1) is 0 Å². The van der Waals surface area contributed by atoms with E-state index in [9.17, 15) is 4.79 Å². The van der Waals surface area contributed by atoms with Gasteiger partial charge in [0.1, 0.15) is 11.4 Å². The zero-order valence-electron chi connectivity index (χ0n) is 11.8. The third-order valence-corrected chi connectivity index (χ3v) is 3.50. The van der Waals surface area contributed by atoms with Crippen molar-refractivity contribution in [3.8, 4) is 0 Å². The van der Waals surface area contributed by atoms with Crippen molar-refractivity contribution in [1.82, 2.24) is 14.9 Å². The van der Waals surface area contributed by atoms with Crippen LogP contribution in [0.3, 0.4) is 0 Å². The number of hydrogen-bond donors (Lipinski definition) is 2. The molecule has 1 amide bonds. The average molecular weight is 272 g/mol. The number of benzene rings is 1. The van der Waals surface area contributed by atoms with Crippen LogP contribution in [0.15, 0.2) is 42.7 Å². The van der Waals surface area contributed by atoms with E-state index in [0.29, 0.717) is 13.1 Å². The van der Waals surface area contributed by atoms with Crippen LogP contribution < -0.4 is 11.1 Å². The first-order valence-electron chi connectivity index (χ1n) is 6.68. The van der Waals surface area contributed by atoms with Crippen LogP contribution in [0.2, 0.25) is 0 Å². The highest BCUT2D eigenvalue weighted by atomic mass is 16.1. The number of aryl methyl sites for hydroxylation is 1. The smallest absolute Gasteiger partial charge is 0.244 e. The van der Waals surface area contributed by atoms with Crippen molar-refractivity contribution in [3.05, 3.63) is 54.1 Å². The van der Waals surface area contributed by atoms with Gasteiger partial charge < -0.3 is 10.3 Å². The summed E-state index contributed by atoms with van der Waals surface area (Å²) in [6, 6.07) is 9.57. The van der Waals surface area contributed by atoms with Crippen molar-refractivity contribution in [1.29, 1.82) is 0 Å². The maximum atomic E-state index is 12.2. The van der Waals surface area contributed by atoms with Crippen LogP contribution in [-0.2, 0) is 16.9 Å². The Morgan fingerprint density at radius 2 is 2.10 bits per heavy atom. The fraction of sp³-hybridized carbons (Fsp3) is 0.333. The van der Waals surface area contributed by atoms with Gasteiger partial charge in [0.2, 0.25) is 5.91 Å². The van der Waals surface area contributed by atoms with E-state index in [1.165, 1.54) is 0 Å². The van der Waals surface area contributed by atoms with Gasteiger partial charge in [-0.1, -0.05) is 37.3 Å². The summed E-state index contributed by atoms with van der Waals surface area (Å²) in [6.45, 7) is 4.93. The number of nitrogens with two attached hydrogens (primary N) is 1. The molecule has 0 aliphatic heterocycles. The summed E-state index contributed by atoms with van der Waals surface area (Å²) in [7, 11) is 0. The topological polar surface area (TPSA) is 72.9 Å². The largest absolute Gasteiger partial charge is 0.368 e. The van der Waals surface area contributed by atoms with Crippen molar-refractivity contribution in [2.45, 2.75) is 25.9 Å². The van der Waals surface area contributed by atoms with Gasteiger partial charge in [0, 0.05) is 12.4 Å². The van der Waals surface area contributed by atoms with Gasteiger partial charge in [-0.3, -0.25) is 10.1 Å². The van der Waals surface area contributed by atoms with Crippen LogP contribution in [0.1, 0.15) is 18.3 Å². The molecule has 1 atom stereocenters. The predicted octanol–water partition coefficient (Wildman–Crippen LogP) is 1.18. The number of hydrogen-bond acceptors (Lipinski definition) is 3. The number of imidazole rings is 1. The summed E-state index contributed by atoms with van der Waals surface area (Å²) in [6.07, 6.45) is 3.57. The Labute approximate surface area is 118 Å². The second-order valence-corrected chi connectivity index (χ2v) is 4.77. The number of nitrogens with one attached hydrogen (secondary N) is 1. The lowest BCUT2D eigenvalue weighted by atomic mass is 9.88. The number of amides is 1. The van der Waals surface area contributed by atoms with E-state index in [4.69, 9.17) is 5.73 Å². The first kappa shape index (κ1) is 14.3. The first-order valence-corrected chi connectivity index (χ1v) is 6.68. The van der Waals surface area contributed by atoms with Crippen LogP contribution in [-0.4, -0.2) is 22.0 Å². The summed E-state index contributed by atoms with van der Waals surface area (Å²) in [5.41, 5.74) is 5.66. The molecule has 0 fully saturated rings. The van der Waals surface area contributed by atoms with Crippen LogP contribution in [0.5, 0.6) is 0 Å². The second-order valence-electron chi connectivity index (χ2n) is 4.77. The van der Waals surface area contributed by atoms with Gasteiger partial charge in [-0.2, -0.15) is 0 Å². The molecule has 2 rings (SSSR count). The van der Waals surface area contributed by atoms with Crippen LogP contribution in [0.25, 0.3) is 0 Å². The number of aromatic nitrogens is 2. The minimum absolute atomic E-state index is 0.390. The minimum Gasteiger partial charge on any atom is -0.368 e. The molecule has 1 unspecified atom stereocenters. The van der Waals surface area contributed by atoms with Crippen molar-refractivity contribution >= 4 is 5.91 Å². The van der Waals surface area contributed by atoms with Gasteiger partial charge >= 0.3 is 0 Å². The molecule has 0 spiro atoms. The third kappa shape index (κ3) is 2.58. The lowest BCUT2D eigenvalue weighted by molar-refractivity contribution is -0.125. The van der Waals surface area contributed by atoms with Gasteiger partial charge in [0.05, 0.1) is 6.54 Å². The summed E-state index contributed by atoms with van der Waals surface area (Å²) in [4.78, 5) is 16.4. The highest BCUT2D eigenvalue weighted by Crippen LogP contribution is 2.24. The molecule has 0 bridgehead atoms. The Morgan fingerprint density at radius 3 is 2.60 bits per heavy atom. The highest BCUT2D eigenvalue weighted by Gasteiger charge is 2.38. The number of carbonyl (C=O) groups excluding carboxylic acids is 1. The number of nitrogens with zero attached hydrogens (tertiary/aromatic N) is 2. The SMILES string of the molecule is CCNC(Cn1ccnc1C)(C(N)=O)c1ccccc1. The molecule has 1 aromatic heterocycles. The Morgan fingerprint density at radius 1 is 1.40 bits per heavy atom. The molecule has 1 aromatic carbocycles. The molecule has 3 N–H and O–H groups in total. The van der Waals surface area contributed by atoms with E-state index in [2.05, 4.69) is 10.3 Å². The van der Waals surface area contributed by atoms with E-state index in [1.54, 1.807) is 6.20 Å². The quantitative estimate of drug-likeness (QED) is 0.829. The molecule has 5 heteroatoms. The lowest BCUT2D eigenvalue weighted by Gasteiger charge is -2.32. The Hall–Kier alpha value is -2.14. The minimum atomic E-state index is -0.929. The molecule has 106 valence electrons. The van der Waals surface area contributed by atoms with Crippen molar-refractivity contribution in [2.24, 2.45) is 5.73 Å². The zero-order chi connectivity index (χ0) is 14.6. The van der Waals surface area contributed by atoms with Gasteiger partial charge in [-0.05, 0) is 19.0 Å². The van der Waals surface area contributed by atoms with Gasteiger partial charge in [0.25, 0.3) is 0 Å². The molecular formula is C15H20N4O. The molecule has 0 saturated carbocycles. The van der Waals surface area contributed by atoms with Crippen LogP contribution in [0.4, 0.5) is 0 Å². The normalized spacial score (nSPS) is 13.9. The molecule has 0 aliphatic rings. The van der Waals surface area contributed by atoms with E-state index < -0.39 is 11.4 Å². The van der Waals surface area contributed by atoms with Crippen molar-refractivity contribution < 1.29 is 4.79 Å². The zero-order valence-corrected chi connectivity index (χ0v) is 11.8. The lowest BCUT2D eigenvalue weighted by Crippen LogP contribution is -2.55. The summed E-state index contributed by atoms with van der Waals surface area (Å²) < 4.78 is 1.93. The Bertz CT molecular complexity index is 579.